The number of H-pyrrole nitrogens is 1. The van der Waals surface area contributed by atoms with Crippen molar-refractivity contribution in [3.05, 3.63) is 55.4 Å². The third-order valence-corrected chi connectivity index (χ3v) is 5.76. The molecule has 0 spiro atoms. The number of β-amino-alcohol motifs (C(OH)–C–C–N with tert-alkyl or cyclic N) is 1. The number of carbonyl (C=O) groups is 3. The molecule has 1 aromatic carbocycles. The first-order chi connectivity index (χ1) is 17.0. The minimum absolute atomic E-state index is 0.0123. The second kappa shape index (κ2) is 11.9. The van der Waals surface area contributed by atoms with Crippen LogP contribution in [-0.4, -0.2) is 69.8 Å². The van der Waals surface area contributed by atoms with Crippen molar-refractivity contribution in [2.45, 2.75) is 18.6 Å². The minimum atomic E-state index is -1.24. The highest BCUT2D eigenvalue weighted by atomic mass is 79.9. The van der Waals surface area contributed by atoms with E-state index in [9.17, 15) is 34.5 Å². The van der Waals surface area contributed by atoms with Crippen molar-refractivity contribution in [2.75, 3.05) is 25.0 Å². The molecule has 13 nitrogen and oxygen atoms in total. The number of carbonyl (C=O) groups excluding carboxylic acids is 2. The van der Waals surface area contributed by atoms with Crippen LogP contribution in [0.25, 0.3) is 0 Å². The molecule has 0 radical (unpaired) electrons. The van der Waals surface area contributed by atoms with E-state index in [4.69, 9.17) is 11.6 Å². The van der Waals surface area contributed by atoms with Crippen LogP contribution < -0.4 is 26.8 Å². The van der Waals surface area contributed by atoms with Gasteiger partial charge in [-0.3, -0.25) is 24.2 Å². The molecular weight excluding hydrogens is 564 g/mol. The number of benzene rings is 1. The number of pyridine rings is 1. The van der Waals surface area contributed by atoms with E-state index in [1.165, 1.54) is 18.2 Å². The van der Waals surface area contributed by atoms with Crippen LogP contribution in [-0.2, 0) is 9.59 Å². The molecule has 8 N–H and O–H groups in total. The molecule has 2 amide bonds. The summed E-state index contributed by atoms with van der Waals surface area (Å²) in [6, 6.07) is 2.87. The molecule has 15 heteroatoms. The molecule has 3 rings (SSSR count). The number of aromatic nitrogens is 1. The van der Waals surface area contributed by atoms with Crippen molar-refractivity contribution < 1.29 is 29.7 Å². The van der Waals surface area contributed by atoms with Crippen LogP contribution in [0.3, 0.4) is 0 Å². The molecule has 192 valence electrons. The minimum Gasteiger partial charge on any atom is -0.506 e. The number of guanidine groups is 1. The third kappa shape index (κ3) is 7.19. The summed E-state index contributed by atoms with van der Waals surface area (Å²) in [5, 5.41) is 39.6. The number of nitrogens with one attached hydrogen (secondary N) is 5. The van der Waals surface area contributed by atoms with Crippen molar-refractivity contribution in [3.63, 3.8) is 0 Å². The number of phenols is 1. The fourth-order valence-electron chi connectivity index (χ4n) is 3.22. The van der Waals surface area contributed by atoms with Crippen molar-refractivity contribution in [2.24, 2.45) is 4.99 Å². The molecular formula is C21H22BrClN6O7. The van der Waals surface area contributed by atoms with Gasteiger partial charge in [-0.25, -0.2) is 0 Å². The maximum atomic E-state index is 12.5. The van der Waals surface area contributed by atoms with Crippen molar-refractivity contribution >= 4 is 57.0 Å². The summed E-state index contributed by atoms with van der Waals surface area (Å²) < 4.78 is 0.219. The van der Waals surface area contributed by atoms with E-state index < -0.39 is 48.5 Å². The van der Waals surface area contributed by atoms with E-state index in [1.807, 2.05) is 0 Å². The van der Waals surface area contributed by atoms with Gasteiger partial charge in [-0.15, -0.1) is 0 Å². The largest absolute Gasteiger partial charge is 0.506 e. The number of halogens is 2. The molecule has 36 heavy (non-hydrogen) atoms. The number of phenolic OH excluding ortho intramolecular Hbond substituents is 1. The van der Waals surface area contributed by atoms with Gasteiger partial charge < -0.3 is 41.6 Å². The van der Waals surface area contributed by atoms with E-state index in [0.717, 1.165) is 6.20 Å². The predicted octanol–water partition coefficient (Wildman–Crippen LogP) is 0.290. The molecule has 1 unspecified atom stereocenters. The number of aliphatic hydroxyl groups excluding tert-OH is 1. The van der Waals surface area contributed by atoms with Gasteiger partial charge in [0.15, 0.2) is 5.96 Å². The highest BCUT2D eigenvalue weighted by molar-refractivity contribution is 9.10. The van der Waals surface area contributed by atoms with Crippen molar-refractivity contribution in [1.29, 1.82) is 0 Å². The van der Waals surface area contributed by atoms with Gasteiger partial charge in [-0.05, 0) is 34.1 Å². The predicted molar refractivity (Wildman–Crippen MR) is 133 cm³/mol. The number of anilines is 1. The first kappa shape index (κ1) is 27.0. The Balaban J connectivity index is 1.66. The van der Waals surface area contributed by atoms with Gasteiger partial charge in [0, 0.05) is 23.3 Å². The van der Waals surface area contributed by atoms with Crippen LogP contribution in [0.2, 0.25) is 5.02 Å². The lowest BCUT2D eigenvalue weighted by atomic mass is 10.0. The maximum absolute atomic E-state index is 12.5. The summed E-state index contributed by atoms with van der Waals surface area (Å²) in [5.41, 5.74) is -0.401. The Morgan fingerprint density at radius 3 is 2.69 bits per heavy atom. The Morgan fingerprint density at radius 2 is 2.03 bits per heavy atom. The quantitative estimate of drug-likeness (QED) is 0.214. The molecule has 1 aliphatic heterocycles. The Bertz CT molecular complexity index is 1270. The first-order valence-corrected chi connectivity index (χ1v) is 11.6. The number of hydrogen-bond acceptors (Lipinski definition) is 9. The number of rotatable bonds is 8. The van der Waals surface area contributed by atoms with Crippen LogP contribution in [0.1, 0.15) is 28.4 Å². The van der Waals surface area contributed by atoms with Gasteiger partial charge in [0.25, 0.3) is 11.5 Å². The van der Waals surface area contributed by atoms with Crippen molar-refractivity contribution in [1.82, 2.24) is 20.9 Å². The number of aromatic amines is 1. The summed E-state index contributed by atoms with van der Waals surface area (Å²) in [6.45, 7) is -0.132. The number of carboxylic acid groups (broad SMARTS) is 1. The number of carboxylic acids is 1. The van der Waals surface area contributed by atoms with Crippen LogP contribution in [0.5, 0.6) is 5.75 Å². The Morgan fingerprint density at radius 1 is 1.28 bits per heavy atom. The average Bonchev–Trinajstić information content (AvgIpc) is 2.82. The number of aliphatic hydroxyl groups is 1. The zero-order valence-corrected chi connectivity index (χ0v) is 20.8. The van der Waals surface area contributed by atoms with Gasteiger partial charge in [0.2, 0.25) is 5.91 Å². The number of nitrogens with zero attached hydrogens (tertiary/aromatic N) is 1. The monoisotopic (exact) mass is 584 g/mol. The lowest BCUT2D eigenvalue weighted by Gasteiger charge is -2.20. The van der Waals surface area contributed by atoms with E-state index in [2.05, 4.69) is 47.2 Å². The van der Waals surface area contributed by atoms with Crippen LogP contribution >= 0.6 is 27.5 Å². The molecule has 0 saturated carbocycles. The van der Waals surface area contributed by atoms with E-state index in [0.29, 0.717) is 0 Å². The number of hydrogen-bond donors (Lipinski definition) is 8. The third-order valence-electron chi connectivity index (χ3n) is 4.94. The molecule has 0 aliphatic carbocycles. The molecule has 1 aromatic heterocycles. The summed E-state index contributed by atoms with van der Waals surface area (Å²) >= 11 is 9.10. The van der Waals surface area contributed by atoms with Gasteiger partial charge in [-0.1, -0.05) is 11.6 Å². The standard InChI is InChI=1S/C21H22BrClN6O7/c22-13-3-10(23)2-12(18(13)34)14(4-17(32)33)28-16(31)8-25-19(35)9-1-15(20(36)24-5-9)29-21-26-6-11(30)7-27-21/h1-3,5,11,14,30,34H,4,6-8H2,(H,24,36)(H,25,35)(H,28,31)(H,32,33)(H2,26,27,29)/t14-/m0/s1. The number of aliphatic imine (C=N–C) groups is 1. The normalized spacial score (nSPS) is 15.8. The van der Waals surface area contributed by atoms with Crippen LogP contribution in [0, 0.1) is 0 Å². The topological polar surface area (TPSA) is 205 Å². The fourth-order valence-corrected chi connectivity index (χ4v) is 4.06. The zero-order valence-electron chi connectivity index (χ0n) is 18.5. The van der Waals surface area contributed by atoms with E-state index >= 15 is 0 Å². The Labute approximate surface area is 217 Å². The second-order valence-electron chi connectivity index (χ2n) is 7.71. The lowest BCUT2D eigenvalue weighted by Crippen LogP contribution is -2.43. The summed E-state index contributed by atoms with van der Waals surface area (Å²) in [5.74, 6) is -2.69. The van der Waals surface area contributed by atoms with Crippen molar-refractivity contribution in [3.8, 4) is 5.75 Å². The first-order valence-electron chi connectivity index (χ1n) is 10.5. The average molecular weight is 586 g/mol. The van der Waals surface area contributed by atoms with Gasteiger partial charge >= 0.3 is 5.97 Å². The highest BCUT2D eigenvalue weighted by Gasteiger charge is 2.23. The maximum Gasteiger partial charge on any atom is 0.305 e. The summed E-state index contributed by atoms with van der Waals surface area (Å²) in [7, 11) is 0. The lowest BCUT2D eigenvalue weighted by molar-refractivity contribution is -0.137. The number of amides is 2. The second-order valence-corrected chi connectivity index (χ2v) is 9.00. The molecule has 0 saturated heterocycles. The SMILES string of the molecule is O=C(O)C[C@H](NC(=O)CNC(=O)c1c[nH]c(=O)c(NC2=NCC(O)CN2)c1)c1cc(Cl)cc(Br)c1O. The van der Waals surface area contributed by atoms with E-state index in [1.54, 1.807) is 0 Å². The smallest absolute Gasteiger partial charge is 0.305 e. The molecule has 0 bridgehead atoms. The fraction of sp³-hybridized carbons (Fsp3) is 0.286. The number of aromatic hydroxyl groups is 1. The highest BCUT2D eigenvalue weighted by Crippen LogP contribution is 2.36. The van der Waals surface area contributed by atoms with Gasteiger partial charge in [0.1, 0.15) is 11.4 Å². The van der Waals surface area contributed by atoms with Gasteiger partial charge in [0.05, 0.1) is 41.7 Å². The Kier molecular flexibility index (Phi) is 8.90. The molecule has 0 fully saturated rings. The summed E-state index contributed by atoms with van der Waals surface area (Å²) in [4.78, 5) is 54.9. The van der Waals surface area contributed by atoms with Crippen LogP contribution in [0.4, 0.5) is 5.69 Å². The molecule has 2 heterocycles. The summed E-state index contributed by atoms with van der Waals surface area (Å²) in [6.07, 6.45) is -0.0317. The van der Waals surface area contributed by atoms with Crippen LogP contribution in [0.15, 0.2) is 38.7 Å². The molecule has 2 aromatic rings. The van der Waals surface area contributed by atoms with Gasteiger partial charge in [-0.2, -0.15) is 0 Å². The molecule has 2 atom stereocenters. The van der Waals surface area contributed by atoms with E-state index in [-0.39, 0.29) is 51.1 Å². The zero-order chi connectivity index (χ0) is 26.4. The molecule has 1 aliphatic rings. The number of aliphatic carboxylic acids is 1. The Hall–Kier alpha value is -3.62.